The second-order valence-corrected chi connectivity index (χ2v) is 4.36. The summed E-state index contributed by atoms with van der Waals surface area (Å²) in [5, 5.41) is 7.80. The fraction of sp³-hybridized carbons (Fsp3) is 0.357. The molecule has 1 aromatic heterocycles. The summed E-state index contributed by atoms with van der Waals surface area (Å²) >= 11 is 0. The summed E-state index contributed by atoms with van der Waals surface area (Å²) in [4.78, 5) is 10.9. The van der Waals surface area contributed by atoms with Crippen LogP contribution in [0, 0.1) is 6.92 Å². The van der Waals surface area contributed by atoms with Gasteiger partial charge in [0.1, 0.15) is 18.1 Å². The molecular weight excluding hydrogens is 242 g/mol. The van der Waals surface area contributed by atoms with E-state index < -0.39 is 0 Å². The molecule has 0 amide bonds. The Morgan fingerprint density at radius 1 is 1.32 bits per heavy atom. The zero-order chi connectivity index (χ0) is 13.7. The van der Waals surface area contributed by atoms with Crippen molar-refractivity contribution in [2.24, 2.45) is 0 Å². The molecule has 5 heteroatoms. The quantitative estimate of drug-likeness (QED) is 0.747. The molecule has 0 N–H and O–H groups in total. The highest BCUT2D eigenvalue weighted by Crippen LogP contribution is 2.14. The SMILES string of the molecule is CCCn1nnc(C=O)c1COc1ccc(C)cc1. The van der Waals surface area contributed by atoms with Gasteiger partial charge in [-0.3, -0.25) is 4.79 Å². The van der Waals surface area contributed by atoms with Crippen molar-refractivity contribution >= 4 is 6.29 Å². The normalized spacial score (nSPS) is 10.4. The molecule has 19 heavy (non-hydrogen) atoms. The number of aryl methyl sites for hydroxylation is 2. The molecule has 2 rings (SSSR count). The zero-order valence-corrected chi connectivity index (χ0v) is 11.2. The number of benzene rings is 1. The van der Waals surface area contributed by atoms with Crippen LogP contribution in [0.2, 0.25) is 0 Å². The maximum atomic E-state index is 10.9. The summed E-state index contributed by atoms with van der Waals surface area (Å²) in [5.74, 6) is 0.770. The van der Waals surface area contributed by atoms with E-state index in [1.165, 1.54) is 5.56 Å². The Balaban J connectivity index is 2.11. The van der Waals surface area contributed by atoms with Crippen molar-refractivity contribution in [2.75, 3.05) is 0 Å². The van der Waals surface area contributed by atoms with Crippen LogP contribution in [0.4, 0.5) is 0 Å². The zero-order valence-electron chi connectivity index (χ0n) is 11.2. The number of nitrogens with zero attached hydrogens (tertiary/aromatic N) is 3. The summed E-state index contributed by atoms with van der Waals surface area (Å²) in [7, 11) is 0. The van der Waals surface area contributed by atoms with Gasteiger partial charge in [-0.05, 0) is 25.5 Å². The van der Waals surface area contributed by atoms with E-state index in [1.54, 1.807) is 4.68 Å². The van der Waals surface area contributed by atoms with E-state index in [-0.39, 0.29) is 0 Å². The van der Waals surface area contributed by atoms with Crippen LogP contribution in [0.5, 0.6) is 5.75 Å². The van der Waals surface area contributed by atoms with Crippen molar-refractivity contribution in [1.82, 2.24) is 15.0 Å². The van der Waals surface area contributed by atoms with Crippen LogP contribution < -0.4 is 4.74 Å². The van der Waals surface area contributed by atoms with Crippen molar-refractivity contribution in [1.29, 1.82) is 0 Å². The van der Waals surface area contributed by atoms with Gasteiger partial charge in [0.2, 0.25) is 0 Å². The van der Waals surface area contributed by atoms with Gasteiger partial charge in [0.25, 0.3) is 0 Å². The lowest BCUT2D eigenvalue weighted by Crippen LogP contribution is -2.09. The van der Waals surface area contributed by atoms with Crippen molar-refractivity contribution in [3.63, 3.8) is 0 Å². The van der Waals surface area contributed by atoms with Gasteiger partial charge in [0, 0.05) is 6.54 Å². The molecule has 2 aromatic rings. The molecule has 0 radical (unpaired) electrons. The predicted molar refractivity (Wildman–Crippen MR) is 71.2 cm³/mol. The molecule has 0 saturated carbocycles. The molecule has 0 aliphatic carbocycles. The first-order valence-electron chi connectivity index (χ1n) is 6.31. The highest BCUT2D eigenvalue weighted by Gasteiger charge is 2.12. The molecule has 0 aliphatic heterocycles. The standard InChI is InChI=1S/C14H17N3O2/c1-3-8-17-14(13(9-18)15-16-17)10-19-12-6-4-11(2)5-7-12/h4-7,9H,3,8,10H2,1-2H3. The van der Waals surface area contributed by atoms with E-state index in [4.69, 9.17) is 4.74 Å². The molecule has 1 heterocycles. The monoisotopic (exact) mass is 259 g/mol. The van der Waals surface area contributed by atoms with Crippen LogP contribution in [0.15, 0.2) is 24.3 Å². The third-order valence-electron chi connectivity index (χ3n) is 2.81. The molecule has 0 saturated heterocycles. The maximum absolute atomic E-state index is 10.9. The lowest BCUT2D eigenvalue weighted by atomic mass is 10.2. The topological polar surface area (TPSA) is 57.0 Å². The van der Waals surface area contributed by atoms with Crippen molar-refractivity contribution in [3.05, 3.63) is 41.2 Å². The highest BCUT2D eigenvalue weighted by molar-refractivity contribution is 5.73. The second-order valence-electron chi connectivity index (χ2n) is 4.36. The van der Waals surface area contributed by atoms with Crippen LogP contribution in [0.25, 0.3) is 0 Å². The smallest absolute Gasteiger partial charge is 0.172 e. The Kier molecular flexibility index (Phi) is 4.28. The minimum absolute atomic E-state index is 0.296. The van der Waals surface area contributed by atoms with Gasteiger partial charge in [-0.15, -0.1) is 5.10 Å². The van der Waals surface area contributed by atoms with Gasteiger partial charge in [-0.1, -0.05) is 29.8 Å². The number of hydrogen-bond acceptors (Lipinski definition) is 4. The number of hydrogen-bond donors (Lipinski definition) is 0. The third kappa shape index (κ3) is 3.19. The van der Waals surface area contributed by atoms with Crippen LogP contribution >= 0.6 is 0 Å². The van der Waals surface area contributed by atoms with Crippen molar-refractivity contribution in [2.45, 2.75) is 33.4 Å². The number of aldehydes is 1. The average molecular weight is 259 g/mol. The first-order valence-corrected chi connectivity index (χ1v) is 6.31. The molecule has 5 nitrogen and oxygen atoms in total. The molecule has 0 atom stereocenters. The van der Waals surface area contributed by atoms with Crippen LogP contribution in [0.1, 0.15) is 35.1 Å². The molecule has 100 valence electrons. The van der Waals surface area contributed by atoms with E-state index in [0.717, 1.165) is 24.4 Å². The van der Waals surface area contributed by atoms with Gasteiger partial charge in [-0.25, -0.2) is 4.68 Å². The Hall–Kier alpha value is -2.17. The summed E-state index contributed by atoms with van der Waals surface area (Å²) in [6.45, 7) is 5.10. The molecule has 1 aromatic carbocycles. The highest BCUT2D eigenvalue weighted by atomic mass is 16.5. The van der Waals surface area contributed by atoms with E-state index >= 15 is 0 Å². The Labute approximate surface area is 112 Å². The maximum Gasteiger partial charge on any atom is 0.172 e. The number of carbonyl (C=O) groups is 1. The molecule has 0 aliphatic rings. The molecule has 0 fully saturated rings. The first-order chi connectivity index (χ1) is 9.24. The lowest BCUT2D eigenvalue weighted by Gasteiger charge is -2.08. The average Bonchev–Trinajstić information content (AvgIpc) is 2.81. The largest absolute Gasteiger partial charge is 0.487 e. The molecular formula is C14H17N3O2. The Morgan fingerprint density at radius 2 is 2.05 bits per heavy atom. The fourth-order valence-corrected chi connectivity index (χ4v) is 1.76. The van der Waals surface area contributed by atoms with Gasteiger partial charge in [0.15, 0.2) is 12.0 Å². The summed E-state index contributed by atoms with van der Waals surface area (Å²) < 4.78 is 7.40. The van der Waals surface area contributed by atoms with E-state index in [0.29, 0.717) is 18.6 Å². The number of rotatable bonds is 6. The van der Waals surface area contributed by atoms with Gasteiger partial charge in [-0.2, -0.15) is 0 Å². The van der Waals surface area contributed by atoms with Gasteiger partial charge in [0.05, 0.1) is 0 Å². The van der Waals surface area contributed by atoms with E-state index in [2.05, 4.69) is 10.3 Å². The number of carbonyl (C=O) groups excluding carboxylic acids is 1. The summed E-state index contributed by atoms with van der Waals surface area (Å²) in [5.41, 5.74) is 2.25. The van der Waals surface area contributed by atoms with Crippen LogP contribution in [-0.4, -0.2) is 21.3 Å². The van der Waals surface area contributed by atoms with Crippen LogP contribution in [-0.2, 0) is 13.2 Å². The van der Waals surface area contributed by atoms with Crippen molar-refractivity contribution in [3.8, 4) is 5.75 Å². The Morgan fingerprint density at radius 3 is 2.68 bits per heavy atom. The van der Waals surface area contributed by atoms with E-state index in [9.17, 15) is 4.79 Å². The number of ether oxygens (including phenoxy) is 1. The van der Waals surface area contributed by atoms with Crippen molar-refractivity contribution < 1.29 is 9.53 Å². The number of aromatic nitrogens is 3. The van der Waals surface area contributed by atoms with Gasteiger partial charge >= 0.3 is 0 Å². The minimum atomic E-state index is 0.296. The van der Waals surface area contributed by atoms with E-state index in [1.807, 2.05) is 38.1 Å². The Bertz CT molecular complexity index is 546. The first kappa shape index (κ1) is 13.3. The second kappa shape index (κ2) is 6.13. The lowest BCUT2D eigenvalue weighted by molar-refractivity contribution is 0.111. The predicted octanol–water partition coefficient (Wildman–Crippen LogP) is 2.39. The molecule has 0 spiro atoms. The molecule has 0 unspecified atom stereocenters. The third-order valence-corrected chi connectivity index (χ3v) is 2.81. The van der Waals surface area contributed by atoms with Crippen LogP contribution in [0.3, 0.4) is 0 Å². The summed E-state index contributed by atoms with van der Waals surface area (Å²) in [6.07, 6.45) is 1.65. The summed E-state index contributed by atoms with van der Waals surface area (Å²) in [6, 6.07) is 7.78. The molecule has 0 bridgehead atoms. The minimum Gasteiger partial charge on any atom is -0.487 e. The van der Waals surface area contributed by atoms with Gasteiger partial charge < -0.3 is 4.74 Å². The fourth-order valence-electron chi connectivity index (χ4n) is 1.76.